The summed E-state index contributed by atoms with van der Waals surface area (Å²) in [6.07, 6.45) is 3.52. The molecule has 22 heavy (non-hydrogen) atoms. The van der Waals surface area contributed by atoms with Crippen molar-refractivity contribution in [1.82, 2.24) is 0 Å². The van der Waals surface area contributed by atoms with E-state index in [-0.39, 0.29) is 10.6 Å². The first-order chi connectivity index (χ1) is 10.7. The van der Waals surface area contributed by atoms with Crippen LogP contribution in [0.3, 0.4) is 0 Å². The van der Waals surface area contributed by atoms with Gasteiger partial charge in [-0.15, -0.1) is 0 Å². The minimum Gasteiger partial charge on any atom is -0.371 e. The van der Waals surface area contributed by atoms with Crippen LogP contribution in [0.25, 0.3) is 0 Å². The lowest BCUT2D eigenvalue weighted by Gasteiger charge is -2.34. The largest absolute Gasteiger partial charge is 0.371 e. The second-order valence-corrected chi connectivity index (χ2v) is 5.92. The molecule has 0 aliphatic carbocycles. The van der Waals surface area contributed by atoms with Crippen LogP contribution in [-0.2, 0) is 6.42 Å². The molecular weight excluding hydrogens is 276 g/mol. The Hall–Kier alpha value is -2.36. The molecule has 114 valence electrons. The summed E-state index contributed by atoms with van der Waals surface area (Å²) in [5.41, 5.74) is 2.63. The third-order valence-corrected chi connectivity index (χ3v) is 4.31. The summed E-state index contributed by atoms with van der Waals surface area (Å²) in [7, 11) is 0. The van der Waals surface area contributed by atoms with Gasteiger partial charge in [-0.2, -0.15) is 0 Å². The van der Waals surface area contributed by atoms with E-state index >= 15 is 0 Å². The van der Waals surface area contributed by atoms with Crippen LogP contribution >= 0.6 is 0 Å². The maximum atomic E-state index is 10.7. The minimum atomic E-state index is -0.349. The van der Waals surface area contributed by atoms with E-state index < -0.39 is 0 Å². The van der Waals surface area contributed by atoms with Gasteiger partial charge in [0.15, 0.2) is 0 Å². The molecule has 0 N–H and O–H groups in total. The van der Waals surface area contributed by atoms with Gasteiger partial charge >= 0.3 is 0 Å². The number of hydrogen-bond donors (Lipinski definition) is 0. The maximum absolute atomic E-state index is 10.7. The van der Waals surface area contributed by atoms with Crippen LogP contribution in [0.1, 0.15) is 18.4 Å². The zero-order valence-electron chi connectivity index (χ0n) is 12.5. The van der Waals surface area contributed by atoms with Crippen LogP contribution in [0.5, 0.6) is 0 Å². The van der Waals surface area contributed by atoms with E-state index in [2.05, 4.69) is 29.2 Å². The minimum absolute atomic E-state index is 0.154. The van der Waals surface area contributed by atoms with Crippen molar-refractivity contribution in [2.75, 3.05) is 18.0 Å². The number of non-ortho nitro benzene ring substituents is 1. The van der Waals surface area contributed by atoms with E-state index in [9.17, 15) is 10.1 Å². The Bertz CT molecular complexity index is 625. The standard InChI is InChI=1S/C18H20N2O2/c21-20(22)18-10-8-17(9-11-18)19-12-4-7-16(14-19)13-15-5-2-1-3-6-15/h1-3,5-6,8-11,16H,4,7,12-14H2/t16-/m1/s1. The third kappa shape index (κ3) is 3.45. The second-order valence-electron chi connectivity index (χ2n) is 5.92. The monoisotopic (exact) mass is 296 g/mol. The van der Waals surface area contributed by atoms with E-state index in [0.29, 0.717) is 5.92 Å². The molecule has 0 bridgehead atoms. The molecule has 0 unspecified atom stereocenters. The van der Waals surface area contributed by atoms with Gasteiger partial charge in [0.1, 0.15) is 0 Å². The molecule has 2 aromatic rings. The van der Waals surface area contributed by atoms with Crippen LogP contribution in [0.15, 0.2) is 54.6 Å². The first-order valence-electron chi connectivity index (χ1n) is 7.76. The zero-order valence-corrected chi connectivity index (χ0v) is 12.5. The van der Waals surface area contributed by atoms with Gasteiger partial charge in [-0.25, -0.2) is 0 Å². The fourth-order valence-corrected chi connectivity index (χ4v) is 3.20. The quantitative estimate of drug-likeness (QED) is 0.631. The lowest BCUT2D eigenvalue weighted by Crippen LogP contribution is -2.36. The van der Waals surface area contributed by atoms with Crippen molar-refractivity contribution in [3.05, 3.63) is 70.3 Å². The number of nitro groups is 1. The van der Waals surface area contributed by atoms with Gasteiger partial charge in [0, 0.05) is 30.9 Å². The number of anilines is 1. The van der Waals surface area contributed by atoms with Crippen molar-refractivity contribution in [1.29, 1.82) is 0 Å². The van der Waals surface area contributed by atoms with E-state index in [1.54, 1.807) is 12.1 Å². The van der Waals surface area contributed by atoms with E-state index in [1.165, 1.54) is 18.4 Å². The molecule has 0 spiro atoms. The topological polar surface area (TPSA) is 46.4 Å². The van der Waals surface area contributed by atoms with Crippen molar-refractivity contribution in [2.45, 2.75) is 19.3 Å². The SMILES string of the molecule is O=[N+]([O-])c1ccc(N2CCC[C@H](Cc3ccccc3)C2)cc1. The molecular formula is C18H20N2O2. The van der Waals surface area contributed by atoms with Gasteiger partial charge in [0.2, 0.25) is 0 Å². The molecule has 0 amide bonds. The summed E-state index contributed by atoms with van der Waals surface area (Å²) in [6.45, 7) is 2.05. The number of nitrogens with zero attached hydrogens (tertiary/aromatic N) is 2. The van der Waals surface area contributed by atoms with E-state index in [4.69, 9.17) is 0 Å². The summed E-state index contributed by atoms with van der Waals surface area (Å²) >= 11 is 0. The molecule has 2 aromatic carbocycles. The molecule has 1 aliphatic heterocycles. The van der Waals surface area contributed by atoms with E-state index in [0.717, 1.165) is 25.2 Å². The van der Waals surface area contributed by atoms with Crippen molar-refractivity contribution in [2.24, 2.45) is 5.92 Å². The number of piperidine rings is 1. The van der Waals surface area contributed by atoms with Gasteiger partial charge in [-0.05, 0) is 42.9 Å². The van der Waals surface area contributed by atoms with E-state index in [1.807, 2.05) is 18.2 Å². The highest BCUT2D eigenvalue weighted by Crippen LogP contribution is 2.26. The van der Waals surface area contributed by atoms with Crippen LogP contribution in [0, 0.1) is 16.0 Å². The highest BCUT2D eigenvalue weighted by molar-refractivity contribution is 5.51. The Morgan fingerprint density at radius 2 is 1.82 bits per heavy atom. The summed E-state index contributed by atoms with van der Waals surface area (Å²) in [5, 5.41) is 10.7. The van der Waals surface area contributed by atoms with Crippen molar-refractivity contribution in [3.63, 3.8) is 0 Å². The normalized spacial score (nSPS) is 18.2. The molecule has 3 rings (SSSR count). The molecule has 4 heteroatoms. The van der Waals surface area contributed by atoms with Crippen molar-refractivity contribution < 1.29 is 4.92 Å². The van der Waals surface area contributed by atoms with Crippen LogP contribution in [0.4, 0.5) is 11.4 Å². The summed E-state index contributed by atoms with van der Waals surface area (Å²) < 4.78 is 0. The Labute approximate surface area is 130 Å². The molecule has 1 aliphatic rings. The molecule has 1 fully saturated rings. The lowest BCUT2D eigenvalue weighted by molar-refractivity contribution is -0.384. The number of hydrogen-bond acceptors (Lipinski definition) is 3. The average molecular weight is 296 g/mol. The maximum Gasteiger partial charge on any atom is 0.269 e. The molecule has 1 saturated heterocycles. The Morgan fingerprint density at radius 3 is 2.50 bits per heavy atom. The predicted molar refractivity (Wildman–Crippen MR) is 88.2 cm³/mol. The Balaban J connectivity index is 1.66. The Kier molecular flexibility index (Phi) is 4.37. The van der Waals surface area contributed by atoms with Gasteiger partial charge in [-0.1, -0.05) is 30.3 Å². The number of rotatable bonds is 4. The zero-order chi connectivity index (χ0) is 15.4. The lowest BCUT2D eigenvalue weighted by atomic mass is 9.91. The molecule has 1 heterocycles. The van der Waals surface area contributed by atoms with Crippen molar-refractivity contribution in [3.8, 4) is 0 Å². The predicted octanol–water partition coefficient (Wildman–Crippen LogP) is 4.05. The highest BCUT2D eigenvalue weighted by Gasteiger charge is 2.20. The number of benzene rings is 2. The van der Waals surface area contributed by atoms with Gasteiger partial charge in [0.25, 0.3) is 5.69 Å². The number of nitro benzene ring substituents is 1. The average Bonchev–Trinajstić information content (AvgIpc) is 2.56. The Morgan fingerprint density at radius 1 is 1.09 bits per heavy atom. The summed E-state index contributed by atoms with van der Waals surface area (Å²) in [5.74, 6) is 0.645. The van der Waals surface area contributed by atoms with Gasteiger partial charge in [0.05, 0.1) is 4.92 Å². The molecule has 0 aromatic heterocycles. The molecule has 0 saturated carbocycles. The fraction of sp³-hybridized carbons (Fsp3) is 0.333. The van der Waals surface area contributed by atoms with Gasteiger partial charge < -0.3 is 4.90 Å². The first kappa shape index (κ1) is 14.6. The molecule has 4 nitrogen and oxygen atoms in total. The third-order valence-electron chi connectivity index (χ3n) is 4.31. The second kappa shape index (κ2) is 6.60. The van der Waals surface area contributed by atoms with Crippen LogP contribution in [0.2, 0.25) is 0 Å². The van der Waals surface area contributed by atoms with Crippen LogP contribution in [-0.4, -0.2) is 18.0 Å². The van der Waals surface area contributed by atoms with Gasteiger partial charge in [-0.3, -0.25) is 10.1 Å². The summed E-state index contributed by atoms with van der Waals surface area (Å²) in [6, 6.07) is 17.5. The highest BCUT2D eigenvalue weighted by atomic mass is 16.6. The molecule has 0 radical (unpaired) electrons. The van der Waals surface area contributed by atoms with Crippen LogP contribution < -0.4 is 4.90 Å². The molecule has 1 atom stereocenters. The smallest absolute Gasteiger partial charge is 0.269 e. The fourth-order valence-electron chi connectivity index (χ4n) is 3.20. The van der Waals surface area contributed by atoms with Crippen molar-refractivity contribution >= 4 is 11.4 Å². The summed E-state index contributed by atoms with van der Waals surface area (Å²) in [4.78, 5) is 12.7. The first-order valence-corrected chi connectivity index (χ1v) is 7.76.